The second-order valence-corrected chi connectivity index (χ2v) is 6.02. The van der Waals surface area contributed by atoms with Crippen LogP contribution in [0.1, 0.15) is 36.2 Å². The first-order chi connectivity index (χ1) is 10.6. The van der Waals surface area contributed by atoms with Gasteiger partial charge in [-0.15, -0.1) is 0 Å². The Morgan fingerprint density at radius 2 is 2.23 bits per heavy atom. The van der Waals surface area contributed by atoms with Crippen molar-refractivity contribution in [3.63, 3.8) is 0 Å². The van der Waals surface area contributed by atoms with E-state index in [0.717, 1.165) is 24.2 Å². The van der Waals surface area contributed by atoms with Crippen LogP contribution < -0.4 is 0 Å². The summed E-state index contributed by atoms with van der Waals surface area (Å²) in [5.41, 5.74) is 3.20. The topological polar surface area (TPSA) is 41.3 Å². The number of hydrogen-bond donors (Lipinski definition) is 1. The number of benzene rings is 1. The predicted octanol–water partition coefficient (Wildman–Crippen LogP) is 2.43. The molecule has 118 valence electrons. The van der Waals surface area contributed by atoms with Crippen molar-refractivity contribution in [2.75, 3.05) is 6.54 Å². The number of aryl methyl sites for hydroxylation is 2. The smallest absolute Gasteiger partial charge is 0.123 e. The number of rotatable bonds is 4. The highest BCUT2D eigenvalue weighted by Gasteiger charge is 2.32. The number of aliphatic hydroxyl groups is 1. The SMILES string of the molecule is CCc1nn(C)cc1CN1CC(O)CC1c1cccc(F)c1. The van der Waals surface area contributed by atoms with Crippen LogP contribution >= 0.6 is 0 Å². The molecule has 3 rings (SSSR count). The zero-order valence-electron chi connectivity index (χ0n) is 13.0. The van der Waals surface area contributed by atoms with Crippen molar-refractivity contribution in [3.8, 4) is 0 Å². The average Bonchev–Trinajstić information content (AvgIpc) is 3.02. The van der Waals surface area contributed by atoms with Gasteiger partial charge in [-0.1, -0.05) is 19.1 Å². The van der Waals surface area contributed by atoms with Crippen molar-refractivity contribution in [1.82, 2.24) is 14.7 Å². The van der Waals surface area contributed by atoms with Gasteiger partial charge in [-0.25, -0.2) is 4.39 Å². The van der Waals surface area contributed by atoms with Crippen LogP contribution in [0.15, 0.2) is 30.5 Å². The van der Waals surface area contributed by atoms with E-state index in [1.807, 2.05) is 24.0 Å². The van der Waals surface area contributed by atoms with E-state index in [0.29, 0.717) is 13.0 Å². The normalized spacial score (nSPS) is 22.4. The molecule has 22 heavy (non-hydrogen) atoms. The van der Waals surface area contributed by atoms with Crippen LogP contribution in [0.5, 0.6) is 0 Å². The molecule has 2 atom stereocenters. The van der Waals surface area contributed by atoms with Gasteiger partial charge in [-0.3, -0.25) is 9.58 Å². The lowest BCUT2D eigenvalue weighted by molar-refractivity contribution is 0.172. The third-order valence-corrected chi connectivity index (χ3v) is 4.31. The van der Waals surface area contributed by atoms with Gasteiger partial charge in [0.15, 0.2) is 0 Å². The fourth-order valence-corrected chi connectivity index (χ4v) is 3.35. The molecule has 0 amide bonds. The van der Waals surface area contributed by atoms with Gasteiger partial charge in [0, 0.05) is 37.9 Å². The van der Waals surface area contributed by atoms with Crippen LogP contribution in [0.4, 0.5) is 4.39 Å². The van der Waals surface area contributed by atoms with E-state index in [1.165, 1.54) is 11.6 Å². The molecule has 1 fully saturated rings. The molecular weight excluding hydrogens is 281 g/mol. The van der Waals surface area contributed by atoms with Crippen LogP contribution in [0, 0.1) is 5.82 Å². The lowest BCUT2D eigenvalue weighted by Crippen LogP contribution is -2.24. The first-order valence-corrected chi connectivity index (χ1v) is 7.75. The zero-order valence-corrected chi connectivity index (χ0v) is 13.0. The summed E-state index contributed by atoms with van der Waals surface area (Å²) < 4.78 is 15.3. The van der Waals surface area contributed by atoms with Gasteiger partial charge in [0.25, 0.3) is 0 Å². The Bertz CT molecular complexity index is 655. The molecule has 1 aliphatic heterocycles. The van der Waals surface area contributed by atoms with E-state index < -0.39 is 0 Å². The highest BCUT2D eigenvalue weighted by atomic mass is 19.1. The van der Waals surface area contributed by atoms with E-state index >= 15 is 0 Å². The third-order valence-electron chi connectivity index (χ3n) is 4.31. The van der Waals surface area contributed by atoms with Gasteiger partial charge in [0.2, 0.25) is 0 Å². The monoisotopic (exact) mass is 303 g/mol. The Morgan fingerprint density at radius 1 is 1.41 bits per heavy atom. The van der Waals surface area contributed by atoms with Crippen LogP contribution in [0.3, 0.4) is 0 Å². The molecule has 1 aromatic carbocycles. The summed E-state index contributed by atoms with van der Waals surface area (Å²) in [6, 6.07) is 6.74. The van der Waals surface area contributed by atoms with Crippen molar-refractivity contribution in [3.05, 3.63) is 53.1 Å². The van der Waals surface area contributed by atoms with Gasteiger partial charge in [-0.2, -0.15) is 5.10 Å². The molecule has 0 spiro atoms. The molecule has 2 unspecified atom stereocenters. The number of aliphatic hydroxyl groups excluding tert-OH is 1. The summed E-state index contributed by atoms with van der Waals surface area (Å²) in [5, 5.41) is 14.5. The summed E-state index contributed by atoms with van der Waals surface area (Å²) >= 11 is 0. The number of aromatic nitrogens is 2. The Kier molecular flexibility index (Phi) is 4.27. The van der Waals surface area contributed by atoms with Crippen LogP contribution in [-0.2, 0) is 20.0 Å². The van der Waals surface area contributed by atoms with Gasteiger partial charge in [0.1, 0.15) is 5.82 Å². The van der Waals surface area contributed by atoms with Crippen molar-refractivity contribution in [1.29, 1.82) is 0 Å². The predicted molar refractivity (Wildman–Crippen MR) is 82.8 cm³/mol. The molecule has 5 heteroatoms. The quantitative estimate of drug-likeness (QED) is 0.943. The Labute approximate surface area is 130 Å². The van der Waals surface area contributed by atoms with Crippen molar-refractivity contribution in [2.45, 2.75) is 38.5 Å². The lowest BCUT2D eigenvalue weighted by Gasteiger charge is -2.24. The Balaban J connectivity index is 1.84. The molecule has 0 radical (unpaired) electrons. The van der Waals surface area contributed by atoms with Crippen molar-refractivity contribution >= 4 is 0 Å². The number of likely N-dealkylation sites (tertiary alicyclic amines) is 1. The molecule has 0 aliphatic carbocycles. The van der Waals surface area contributed by atoms with E-state index in [9.17, 15) is 9.50 Å². The molecule has 1 aromatic heterocycles. The molecule has 0 saturated carbocycles. The summed E-state index contributed by atoms with van der Waals surface area (Å²) in [5.74, 6) is -0.227. The molecule has 2 heterocycles. The van der Waals surface area contributed by atoms with E-state index in [4.69, 9.17) is 0 Å². The molecule has 0 bridgehead atoms. The van der Waals surface area contributed by atoms with E-state index in [2.05, 4.69) is 16.9 Å². The number of nitrogens with zero attached hydrogens (tertiary/aromatic N) is 3. The zero-order chi connectivity index (χ0) is 15.7. The minimum Gasteiger partial charge on any atom is -0.392 e. The van der Waals surface area contributed by atoms with E-state index in [1.54, 1.807) is 12.1 Å². The first-order valence-electron chi connectivity index (χ1n) is 7.75. The molecule has 1 N–H and O–H groups in total. The van der Waals surface area contributed by atoms with Crippen LogP contribution in [-0.4, -0.2) is 32.4 Å². The van der Waals surface area contributed by atoms with Gasteiger partial charge in [-0.05, 0) is 30.5 Å². The second kappa shape index (κ2) is 6.18. The van der Waals surface area contributed by atoms with Gasteiger partial charge in [0.05, 0.1) is 11.8 Å². The summed E-state index contributed by atoms with van der Waals surface area (Å²) in [6.45, 7) is 3.43. The summed E-state index contributed by atoms with van der Waals surface area (Å²) in [6.07, 6.45) is 3.20. The summed E-state index contributed by atoms with van der Waals surface area (Å²) in [4.78, 5) is 2.22. The van der Waals surface area contributed by atoms with Gasteiger partial charge < -0.3 is 5.11 Å². The van der Waals surface area contributed by atoms with Crippen LogP contribution in [0.25, 0.3) is 0 Å². The van der Waals surface area contributed by atoms with Gasteiger partial charge >= 0.3 is 0 Å². The summed E-state index contributed by atoms with van der Waals surface area (Å²) in [7, 11) is 1.92. The first kappa shape index (κ1) is 15.2. The van der Waals surface area contributed by atoms with Crippen LogP contribution in [0.2, 0.25) is 0 Å². The van der Waals surface area contributed by atoms with Crippen molar-refractivity contribution in [2.24, 2.45) is 7.05 Å². The highest BCUT2D eigenvalue weighted by Crippen LogP contribution is 2.34. The molecule has 4 nitrogen and oxygen atoms in total. The minimum absolute atomic E-state index is 0.0515. The molecule has 1 saturated heterocycles. The fourth-order valence-electron chi connectivity index (χ4n) is 3.35. The number of β-amino-alcohol motifs (C(OH)–C–C–N with tert-alkyl or cyclic N) is 1. The fraction of sp³-hybridized carbons (Fsp3) is 0.471. The second-order valence-electron chi connectivity index (χ2n) is 6.02. The largest absolute Gasteiger partial charge is 0.392 e. The van der Waals surface area contributed by atoms with Crippen molar-refractivity contribution < 1.29 is 9.50 Å². The maximum absolute atomic E-state index is 13.5. The average molecular weight is 303 g/mol. The number of hydrogen-bond acceptors (Lipinski definition) is 3. The minimum atomic E-state index is -0.366. The Morgan fingerprint density at radius 3 is 2.95 bits per heavy atom. The third kappa shape index (κ3) is 3.05. The highest BCUT2D eigenvalue weighted by molar-refractivity contribution is 5.23. The molecule has 1 aliphatic rings. The molecular formula is C17H22FN3O. The maximum atomic E-state index is 13.5. The maximum Gasteiger partial charge on any atom is 0.123 e. The number of halogens is 1. The lowest BCUT2D eigenvalue weighted by atomic mass is 10.0. The van der Waals surface area contributed by atoms with E-state index in [-0.39, 0.29) is 18.0 Å². The Hall–Kier alpha value is -1.72. The standard InChI is InChI=1S/C17H22FN3O/c1-3-16-13(9-20(2)19-16)10-21-11-15(22)8-17(21)12-5-4-6-14(18)7-12/h4-7,9,15,17,22H,3,8,10-11H2,1-2H3. The molecule has 2 aromatic rings.